The fourth-order valence-corrected chi connectivity index (χ4v) is 3.35. The summed E-state index contributed by atoms with van der Waals surface area (Å²) >= 11 is 0. The lowest BCUT2D eigenvalue weighted by Gasteiger charge is -2.13. The van der Waals surface area contributed by atoms with Crippen LogP contribution in [-0.4, -0.2) is 0 Å². The Bertz CT molecular complexity index is 923. The minimum Gasteiger partial charge on any atom is -0.488 e. The molecular formula is C20H18O3. The number of fused-ring (bicyclic) bond motifs is 3. The molecule has 0 fully saturated rings. The van der Waals surface area contributed by atoms with Crippen molar-refractivity contribution in [3.05, 3.63) is 75.1 Å². The predicted molar refractivity (Wildman–Crippen MR) is 90.0 cm³/mol. The van der Waals surface area contributed by atoms with E-state index in [9.17, 15) is 4.79 Å². The number of benzene rings is 2. The van der Waals surface area contributed by atoms with E-state index in [0.717, 1.165) is 52.7 Å². The third kappa shape index (κ3) is 2.52. The number of rotatable bonds is 3. The summed E-state index contributed by atoms with van der Waals surface area (Å²) in [7, 11) is 0. The Morgan fingerprint density at radius 1 is 1.09 bits per heavy atom. The van der Waals surface area contributed by atoms with Crippen LogP contribution < -0.4 is 10.4 Å². The first kappa shape index (κ1) is 14.1. The zero-order valence-electron chi connectivity index (χ0n) is 13.1. The molecule has 0 bridgehead atoms. The molecule has 1 heterocycles. The molecule has 0 N–H and O–H groups in total. The minimum absolute atomic E-state index is 0.190. The largest absolute Gasteiger partial charge is 0.488 e. The lowest BCUT2D eigenvalue weighted by atomic mass is 10.0. The number of aryl methyl sites for hydroxylation is 2. The van der Waals surface area contributed by atoms with Crippen LogP contribution in [0.1, 0.15) is 28.7 Å². The van der Waals surface area contributed by atoms with Crippen molar-refractivity contribution >= 4 is 11.0 Å². The van der Waals surface area contributed by atoms with Gasteiger partial charge in [0.05, 0.1) is 5.39 Å². The molecule has 2 aromatic carbocycles. The van der Waals surface area contributed by atoms with Crippen molar-refractivity contribution in [2.75, 3.05) is 0 Å². The van der Waals surface area contributed by atoms with Gasteiger partial charge in [-0.3, -0.25) is 0 Å². The monoisotopic (exact) mass is 306 g/mol. The molecule has 1 aliphatic rings. The number of ether oxygens (including phenoxy) is 1. The zero-order valence-corrected chi connectivity index (χ0v) is 13.1. The van der Waals surface area contributed by atoms with Crippen molar-refractivity contribution in [3.63, 3.8) is 0 Å². The Morgan fingerprint density at radius 2 is 1.87 bits per heavy atom. The average Bonchev–Trinajstić information content (AvgIpc) is 3.03. The molecule has 3 aromatic rings. The van der Waals surface area contributed by atoms with Crippen LogP contribution in [0.2, 0.25) is 0 Å². The summed E-state index contributed by atoms with van der Waals surface area (Å²) in [4.78, 5) is 12.1. The highest BCUT2D eigenvalue weighted by atomic mass is 16.5. The topological polar surface area (TPSA) is 39.4 Å². The molecule has 0 radical (unpaired) electrons. The Balaban J connectivity index is 1.82. The van der Waals surface area contributed by atoms with Gasteiger partial charge in [0.1, 0.15) is 17.9 Å². The Kier molecular flexibility index (Phi) is 3.41. The van der Waals surface area contributed by atoms with E-state index in [4.69, 9.17) is 9.15 Å². The van der Waals surface area contributed by atoms with Crippen molar-refractivity contribution in [2.24, 2.45) is 0 Å². The highest BCUT2D eigenvalue weighted by Gasteiger charge is 2.22. The molecule has 0 unspecified atom stereocenters. The van der Waals surface area contributed by atoms with Gasteiger partial charge in [0.2, 0.25) is 0 Å². The van der Waals surface area contributed by atoms with E-state index in [0.29, 0.717) is 12.2 Å². The van der Waals surface area contributed by atoms with E-state index < -0.39 is 0 Å². The zero-order chi connectivity index (χ0) is 15.8. The van der Waals surface area contributed by atoms with Crippen LogP contribution >= 0.6 is 0 Å². The first-order chi connectivity index (χ1) is 11.2. The van der Waals surface area contributed by atoms with E-state index >= 15 is 0 Å². The van der Waals surface area contributed by atoms with Gasteiger partial charge in [-0.15, -0.1) is 0 Å². The highest BCUT2D eigenvalue weighted by molar-refractivity contribution is 5.88. The van der Waals surface area contributed by atoms with Crippen molar-refractivity contribution in [3.8, 4) is 5.75 Å². The molecule has 0 amide bonds. The molecule has 0 saturated carbocycles. The molecule has 1 aromatic heterocycles. The van der Waals surface area contributed by atoms with Gasteiger partial charge < -0.3 is 9.15 Å². The molecule has 4 rings (SSSR count). The standard InChI is InChI=1S/C20H18O3/c1-13-10-17(22-12-14-6-3-2-4-7-14)19-15-8-5-9-16(15)20(21)23-18(19)11-13/h2-4,6-7,10-11H,5,8-9,12H2,1H3. The van der Waals surface area contributed by atoms with Crippen LogP contribution in [-0.2, 0) is 19.4 Å². The van der Waals surface area contributed by atoms with Gasteiger partial charge in [-0.25, -0.2) is 4.79 Å². The lowest BCUT2D eigenvalue weighted by Crippen LogP contribution is -2.08. The predicted octanol–water partition coefficient (Wildman–Crippen LogP) is 4.17. The third-order valence-corrected chi connectivity index (χ3v) is 4.42. The first-order valence-corrected chi connectivity index (χ1v) is 7.98. The molecule has 0 spiro atoms. The van der Waals surface area contributed by atoms with E-state index in [2.05, 4.69) is 0 Å². The van der Waals surface area contributed by atoms with Gasteiger partial charge >= 0.3 is 5.63 Å². The van der Waals surface area contributed by atoms with E-state index in [-0.39, 0.29) is 5.63 Å². The van der Waals surface area contributed by atoms with E-state index in [1.54, 1.807) is 0 Å². The summed E-state index contributed by atoms with van der Waals surface area (Å²) in [6, 6.07) is 14.0. The summed E-state index contributed by atoms with van der Waals surface area (Å²) in [5.41, 5.74) is 4.53. The second-order valence-electron chi connectivity index (χ2n) is 6.11. The Hall–Kier alpha value is -2.55. The molecule has 3 heteroatoms. The summed E-state index contributed by atoms with van der Waals surface area (Å²) in [6.07, 6.45) is 2.73. The summed E-state index contributed by atoms with van der Waals surface area (Å²) < 4.78 is 11.6. The molecule has 23 heavy (non-hydrogen) atoms. The second kappa shape index (κ2) is 5.58. The highest BCUT2D eigenvalue weighted by Crippen LogP contribution is 2.35. The van der Waals surface area contributed by atoms with Crippen LogP contribution in [0.4, 0.5) is 0 Å². The van der Waals surface area contributed by atoms with E-state index in [1.165, 1.54) is 0 Å². The summed E-state index contributed by atoms with van der Waals surface area (Å²) in [5, 5.41) is 0.971. The van der Waals surface area contributed by atoms with Gasteiger partial charge in [0.15, 0.2) is 0 Å². The van der Waals surface area contributed by atoms with Crippen LogP contribution in [0.15, 0.2) is 51.7 Å². The maximum absolute atomic E-state index is 12.1. The van der Waals surface area contributed by atoms with Gasteiger partial charge in [0, 0.05) is 5.56 Å². The SMILES string of the molecule is Cc1cc(OCc2ccccc2)c2c3c(c(=O)oc2c1)CCC3. The van der Waals surface area contributed by atoms with Crippen molar-refractivity contribution < 1.29 is 9.15 Å². The molecule has 1 aliphatic carbocycles. The second-order valence-corrected chi connectivity index (χ2v) is 6.11. The van der Waals surface area contributed by atoms with Gasteiger partial charge in [-0.1, -0.05) is 30.3 Å². The van der Waals surface area contributed by atoms with Crippen molar-refractivity contribution in [2.45, 2.75) is 32.8 Å². The maximum Gasteiger partial charge on any atom is 0.339 e. The lowest BCUT2D eigenvalue weighted by molar-refractivity contribution is 0.309. The van der Waals surface area contributed by atoms with Gasteiger partial charge in [0.25, 0.3) is 0 Å². The normalized spacial score (nSPS) is 13.3. The average molecular weight is 306 g/mol. The van der Waals surface area contributed by atoms with Crippen molar-refractivity contribution in [1.82, 2.24) is 0 Å². The molecule has 0 atom stereocenters. The molecule has 0 aliphatic heterocycles. The van der Waals surface area contributed by atoms with Crippen molar-refractivity contribution in [1.29, 1.82) is 0 Å². The number of hydrogen-bond donors (Lipinski definition) is 0. The van der Waals surface area contributed by atoms with Crippen LogP contribution in [0.3, 0.4) is 0 Å². The number of hydrogen-bond acceptors (Lipinski definition) is 3. The summed E-state index contributed by atoms with van der Waals surface area (Å²) in [5.74, 6) is 0.811. The smallest absolute Gasteiger partial charge is 0.339 e. The van der Waals surface area contributed by atoms with Crippen LogP contribution in [0.25, 0.3) is 11.0 Å². The Labute approximate surface area is 134 Å². The fraction of sp³-hybridized carbons (Fsp3) is 0.250. The van der Waals surface area contributed by atoms with Gasteiger partial charge in [-0.05, 0) is 55.0 Å². The molecule has 3 nitrogen and oxygen atoms in total. The first-order valence-electron chi connectivity index (χ1n) is 7.98. The quantitative estimate of drug-likeness (QED) is 0.682. The van der Waals surface area contributed by atoms with Crippen LogP contribution in [0.5, 0.6) is 5.75 Å². The molecule has 116 valence electrons. The molecule has 0 saturated heterocycles. The Morgan fingerprint density at radius 3 is 2.70 bits per heavy atom. The third-order valence-electron chi connectivity index (χ3n) is 4.42. The minimum atomic E-state index is -0.190. The summed E-state index contributed by atoms with van der Waals surface area (Å²) in [6.45, 7) is 2.50. The van der Waals surface area contributed by atoms with Gasteiger partial charge in [-0.2, -0.15) is 0 Å². The fourth-order valence-electron chi connectivity index (χ4n) is 3.35. The molecular weight excluding hydrogens is 288 g/mol. The maximum atomic E-state index is 12.1. The van der Waals surface area contributed by atoms with Crippen LogP contribution in [0, 0.1) is 6.92 Å². The van der Waals surface area contributed by atoms with E-state index in [1.807, 2.05) is 49.4 Å².